The van der Waals surface area contributed by atoms with Crippen molar-refractivity contribution >= 4 is 34.3 Å². The number of fused-ring (bicyclic) bond motifs is 1. The molecular weight excluding hydrogens is 254 g/mol. The van der Waals surface area contributed by atoms with Gasteiger partial charge in [-0.1, -0.05) is 11.6 Å². The Labute approximate surface area is 108 Å². The van der Waals surface area contributed by atoms with Crippen molar-refractivity contribution in [2.24, 2.45) is 7.05 Å². The average molecular weight is 266 g/mol. The standard InChI is InChI=1S/C12H12ClN3O2/c1-16-10-7(15-11(16)5-2-3-5)4-6(12(17)18)9(14)8(10)13/h4-5H,2-3,14H2,1H3,(H,17,18). The van der Waals surface area contributed by atoms with Gasteiger partial charge in [-0.2, -0.15) is 0 Å². The first-order chi connectivity index (χ1) is 8.50. The molecule has 1 aliphatic rings. The SMILES string of the molecule is Cn1c(C2CC2)nc2cc(C(=O)O)c(N)c(Cl)c21. The van der Waals surface area contributed by atoms with E-state index in [2.05, 4.69) is 4.98 Å². The molecule has 6 heteroatoms. The molecule has 0 radical (unpaired) electrons. The van der Waals surface area contributed by atoms with Gasteiger partial charge in [-0.15, -0.1) is 0 Å². The van der Waals surface area contributed by atoms with Crippen molar-refractivity contribution in [1.82, 2.24) is 9.55 Å². The number of aryl methyl sites for hydroxylation is 1. The minimum Gasteiger partial charge on any atom is -0.478 e. The van der Waals surface area contributed by atoms with E-state index in [-0.39, 0.29) is 16.3 Å². The molecule has 94 valence electrons. The largest absolute Gasteiger partial charge is 0.478 e. The molecule has 0 bridgehead atoms. The predicted octanol–water partition coefficient (Wildman–Crippen LogP) is 2.38. The van der Waals surface area contributed by atoms with Gasteiger partial charge < -0.3 is 15.4 Å². The molecule has 5 nitrogen and oxygen atoms in total. The molecule has 0 aliphatic heterocycles. The number of imidazole rings is 1. The third kappa shape index (κ3) is 1.47. The van der Waals surface area contributed by atoms with Gasteiger partial charge in [0.05, 0.1) is 27.3 Å². The number of carbonyl (C=O) groups is 1. The van der Waals surface area contributed by atoms with E-state index in [0.717, 1.165) is 18.7 Å². The van der Waals surface area contributed by atoms with Crippen molar-refractivity contribution in [1.29, 1.82) is 0 Å². The topological polar surface area (TPSA) is 81.1 Å². The number of benzene rings is 1. The minimum atomic E-state index is -1.09. The maximum absolute atomic E-state index is 11.1. The maximum atomic E-state index is 11.1. The van der Waals surface area contributed by atoms with E-state index >= 15 is 0 Å². The molecular formula is C12H12ClN3O2. The number of nitrogen functional groups attached to an aromatic ring is 1. The van der Waals surface area contributed by atoms with Crippen LogP contribution in [0.5, 0.6) is 0 Å². The summed E-state index contributed by atoms with van der Waals surface area (Å²) in [5.74, 6) is 0.330. The zero-order valence-electron chi connectivity index (χ0n) is 9.77. The highest BCUT2D eigenvalue weighted by Crippen LogP contribution is 2.42. The Kier molecular flexibility index (Phi) is 2.28. The Bertz CT molecular complexity index is 674. The summed E-state index contributed by atoms with van der Waals surface area (Å²) in [6.45, 7) is 0. The lowest BCUT2D eigenvalue weighted by Crippen LogP contribution is -2.04. The molecule has 3 N–H and O–H groups in total. The summed E-state index contributed by atoms with van der Waals surface area (Å²) in [6, 6.07) is 1.49. The first-order valence-corrected chi connectivity index (χ1v) is 6.06. The number of carboxylic acid groups (broad SMARTS) is 1. The molecule has 0 unspecified atom stereocenters. The van der Waals surface area contributed by atoms with E-state index in [9.17, 15) is 4.79 Å². The number of hydrogen-bond donors (Lipinski definition) is 2. The van der Waals surface area contributed by atoms with Gasteiger partial charge in [0.2, 0.25) is 0 Å². The van der Waals surface area contributed by atoms with Gasteiger partial charge in [0.1, 0.15) is 5.82 Å². The Morgan fingerprint density at radius 2 is 2.28 bits per heavy atom. The smallest absolute Gasteiger partial charge is 0.337 e. The van der Waals surface area contributed by atoms with Crippen molar-refractivity contribution in [2.75, 3.05) is 5.73 Å². The second-order valence-electron chi connectivity index (χ2n) is 4.63. The number of nitrogens with zero attached hydrogens (tertiary/aromatic N) is 2. The molecule has 2 aromatic rings. The van der Waals surface area contributed by atoms with Crippen LogP contribution in [0, 0.1) is 0 Å². The van der Waals surface area contributed by atoms with E-state index in [1.807, 2.05) is 11.6 Å². The van der Waals surface area contributed by atoms with Crippen LogP contribution in [0.25, 0.3) is 11.0 Å². The van der Waals surface area contributed by atoms with Gasteiger partial charge in [-0.3, -0.25) is 0 Å². The molecule has 0 amide bonds. The molecule has 1 saturated carbocycles. The molecule has 18 heavy (non-hydrogen) atoms. The molecule has 0 atom stereocenters. The first-order valence-electron chi connectivity index (χ1n) is 5.68. The second-order valence-corrected chi connectivity index (χ2v) is 5.01. The van der Waals surface area contributed by atoms with Crippen molar-refractivity contribution < 1.29 is 9.90 Å². The lowest BCUT2D eigenvalue weighted by atomic mass is 10.1. The van der Waals surface area contributed by atoms with Crippen LogP contribution < -0.4 is 5.73 Å². The van der Waals surface area contributed by atoms with Gasteiger partial charge >= 0.3 is 5.97 Å². The zero-order valence-corrected chi connectivity index (χ0v) is 10.5. The summed E-state index contributed by atoms with van der Waals surface area (Å²) in [4.78, 5) is 15.6. The number of hydrogen-bond acceptors (Lipinski definition) is 3. The number of aromatic nitrogens is 2. The van der Waals surface area contributed by atoms with Crippen molar-refractivity contribution in [3.05, 3.63) is 22.5 Å². The van der Waals surface area contributed by atoms with Gasteiger partial charge in [0.15, 0.2) is 0 Å². The van der Waals surface area contributed by atoms with Crippen LogP contribution in [0.2, 0.25) is 5.02 Å². The predicted molar refractivity (Wildman–Crippen MR) is 69.1 cm³/mol. The van der Waals surface area contributed by atoms with Crippen molar-refractivity contribution in [3.8, 4) is 0 Å². The number of anilines is 1. The number of aromatic carboxylic acids is 1. The van der Waals surface area contributed by atoms with Crippen LogP contribution in [-0.2, 0) is 7.05 Å². The summed E-state index contributed by atoms with van der Waals surface area (Å²) in [5.41, 5.74) is 7.17. The lowest BCUT2D eigenvalue weighted by Gasteiger charge is -2.06. The molecule has 0 spiro atoms. The molecule has 1 fully saturated rings. The average Bonchev–Trinajstić information content (AvgIpc) is 3.09. The van der Waals surface area contributed by atoms with Crippen LogP contribution in [0.15, 0.2) is 6.07 Å². The summed E-state index contributed by atoms with van der Waals surface area (Å²) in [7, 11) is 1.88. The molecule has 1 heterocycles. The van der Waals surface area contributed by atoms with Crippen molar-refractivity contribution in [3.63, 3.8) is 0 Å². The fraction of sp³-hybridized carbons (Fsp3) is 0.333. The van der Waals surface area contributed by atoms with Crippen LogP contribution in [0.4, 0.5) is 5.69 Å². The monoisotopic (exact) mass is 265 g/mol. The normalized spacial score (nSPS) is 15.2. The van der Waals surface area contributed by atoms with E-state index < -0.39 is 5.97 Å². The third-order valence-electron chi connectivity index (χ3n) is 3.35. The molecule has 1 aliphatic carbocycles. The summed E-state index contributed by atoms with van der Waals surface area (Å²) < 4.78 is 1.91. The van der Waals surface area contributed by atoms with Gasteiger partial charge in [-0.05, 0) is 18.9 Å². The molecule has 1 aromatic heterocycles. The second kappa shape index (κ2) is 3.62. The Morgan fingerprint density at radius 3 is 2.83 bits per heavy atom. The van der Waals surface area contributed by atoms with E-state index in [1.165, 1.54) is 6.07 Å². The third-order valence-corrected chi connectivity index (χ3v) is 3.73. The van der Waals surface area contributed by atoms with Crippen molar-refractivity contribution in [2.45, 2.75) is 18.8 Å². The van der Waals surface area contributed by atoms with Gasteiger partial charge in [0.25, 0.3) is 0 Å². The minimum absolute atomic E-state index is 0.00736. The van der Waals surface area contributed by atoms with E-state index in [0.29, 0.717) is 17.0 Å². The lowest BCUT2D eigenvalue weighted by molar-refractivity contribution is 0.0698. The summed E-state index contributed by atoms with van der Waals surface area (Å²) >= 11 is 6.17. The van der Waals surface area contributed by atoms with E-state index in [4.69, 9.17) is 22.4 Å². The Hall–Kier alpha value is -1.75. The number of nitrogens with two attached hydrogens (primary N) is 1. The molecule has 1 aromatic carbocycles. The maximum Gasteiger partial charge on any atom is 0.337 e. The van der Waals surface area contributed by atoms with Crippen LogP contribution >= 0.6 is 11.6 Å². The number of rotatable bonds is 2. The Balaban J connectivity index is 2.34. The van der Waals surface area contributed by atoms with Crippen LogP contribution in [0.1, 0.15) is 34.9 Å². The first kappa shape index (κ1) is 11.3. The van der Waals surface area contributed by atoms with E-state index in [1.54, 1.807) is 0 Å². The molecule has 0 saturated heterocycles. The summed E-state index contributed by atoms with van der Waals surface area (Å²) in [6.07, 6.45) is 2.24. The van der Waals surface area contributed by atoms with Crippen LogP contribution in [0.3, 0.4) is 0 Å². The quantitative estimate of drug-likeness (QED) is 0.817. The highest BCUT2D eigenvalue weighted by atomic mass is 35.5. The Morgan fingerprint density at radius 1 is 1.61 bits per heavy atom. The number of halogens is 1. The molecule has 3 rings (SSSR count). The highest BCUT2D eigenvalue weighted by molar-refractivity contribution is 6.38. The highest BCUT2D eigenvalue weighted by Gasteiger charge is 2.30. The fourth-order valence-electron chi connectivity index (χ4n) is 2.24. The van der Waals surface area contributed by atoms with Gasteiger partial charge in [0, 0.05) is 13.0 Å². The van der Waals surface area contributed by atoms with Crippen LogP contribution in [-0.4, -0.2) is 20.6 Å². The zero-order chi connectivity index (χ0) is 13.0. The summed E-state index contributed by atoms with van der Waals surface area (Å²) in [5, 5.41) is 9.34. The van der Waals surface area contributed by atoms with Gasteiger partial charge in [-0.25, -0.2) is 9.78 Å². The fourth-order valence-corrected chi connectivity index (χ4v) is 2.57. The number of carboxylic acids is 1.